The van der Waals surface area contributed by atoms with E-state index < -0.39 is 0 Å². The largest absolute Gasteiger partial charge is 0.459 e. The SMILES string of the molecule is CN=C(NCCc1cc(C)cc(C)c1)N1CCN(C(=O)c2ccco2)CC1. The Morgan fingerprint density at radius 1 is 1.11 bits per heavy atom. The highest BCUT2D eigenvalue weighted by Crippen LogP contribution is 2.11. The van der Waals surface area contributed by atoms with Crippen LogP contribution in [0.15, 0.2) is 46.0 Å². The van der Waals surface area contributed by atoms with Crippen LogP contribution in [0.5, 0.6) is 0 Å². The van der Waals surface area contributed by atoms with Gasteiger partial charge in [-0.1, -0.05) is 29.3 Å². The molecule has 27 heavy (non-hydrogen) atoms. The summed E-state index contributed by atoms with van der Waals surface area (Å²) in [6, 6.07) is 10.1. The van der Waals surface area contributed by atoms with Gasteiger partial charge in [-0.2, -0.15) is 0 Å². The molecule has 1 saturated heterocycles. The van der Waals surface area contributed by atoms with E-state index in [0.29, 0.717) is 18.8 Å². The zero-order valence-electron chi connectivity index (χ0n) is 16.4. The second-order valence-electron chi connectivity index (χ2n) is 6.98. The molecule has 0 unspecified atom stereocenters. The lowest BCUT2D eigenvalue weighted by atomic mass is 10.1. The number of furan rings is 1. The van der Waals surface area contributed by atoms with Gasteiger partial charge in [0, 0.05) is 39.8 Å². The van der Waals surface area contributed by atoms with Crippen LogP contribution in [0.4, 0.5) is 0 Å². The van der Waals surface area contributed by atoms with Gasteiger partial charge in [-0.05, 0) is 38.0 Å². The van der Waals surface area contributed by atoms with Gasteiger partial charge in [0.25, 0.3) is 5.91 Å². The molecule has 1 N–H and O–H groups in total. The van der Waals surface area contributed by atoms with Crippen LogP contribution in [0.3, 0.4) is 0 Å². The molecule has 1 aliphatic rings. The molecule has 144 valence electrons. The third-order valence-electron chi connectivity index (χ3n) is 4.79. The van der Waals surface area contributed by atoms with Gasteiger partial charge in [0.05, 0.1) is 6.26 Å². The predicted octanol–water partition coefficient (Wildman–Crippen LogP) is 2.47. The van der Waals surface area contributed by atoms with Crippen LogP contribution < -0.4 is 5.32 Å². The Balaban J connectivity index is 1.48. The second kappa shape index (κ2) is 8.75. The van der Waals surface area contributed by atoms with Crippen LogP contribution >= 0.6 is 0 Å². The number of guanidine groups is 1. The van der Waals surface area contributed by atoms with Crippen molar-refractivity contribution in [2.45, 2.75) is 20.3 Å². The maximum Gasteiger partial charge on any atom is 0.289 e. The first kappa shape index (κ1) is 19.0. The summed E-state index contributed by atoms with van der Waals surface area (Å²) >= 11 is 0. The standard InChI is InChI=1S/C21H28N4O2/c1-16-13-17(2)15-18(14-16)6-7-23-21(22-3)25-10-8-24(9-11-25)20(26)19-5-4-12-27-19/h4-5,12-15H,6-11H2,1-3H3,(H,22,23). The summed E-state index contributed by atoms with van der Waals surface area (Å²) in [5.41, 5.74) is 3.93. The van der Waals surface area contributed by atoms with Crippen LogP contribution in [0, 0.1) is 13.8 Å². The van der Waals surface area contributed by atoms with Crippen molar-refractivity contribution in [1.82, 2.24) is 15.1 Å². The highest BCUT2D eigenvalue weighted by Gasteiger charge is 2.24. The van der Waals surface area contributed by atoms with Crippen molar-refractivity contribution in [3.63, 3.8) is 0 Å². The van der Waals surface area contributed by atoms with E-state index in [4.69, 9.17) is 4.42 Å². The summed E-state index contributed by atoms with van der Waals surface area (Å²) in [4.78, 5) is 20.8. The van der Waals surface area contributed by atoms with Crippen molar-refractivity contribution in [1.29, 1.82) is 0 Å². The number of carbonyl (C=O) groups is 1. The maximum absolute atomic E-state index is 12.4. The minimum absolute atomic E-state index is 0.0441. The third kappa shape index (κ3) is 4.90. The maximum atomic E-state index is 12.4. The number of nitrogens with one attached hydrogen (secondary N) is 1. The van der Waals surface area contributed by atoms with Crippen molar-refractivity contribution >= 4 is 11.9 Å². The van der Waals surface area contributed by atoms with Crippen LogP contribution in [0.1, 0.15) is 27.2 Å². The fourth-order valence-corrected chi connectivity index (χ4v) is 3.54. The molecule has 0 atom stereocenters. The van der Waals surface area contributed by atoms with Gasteiger partial charge in [-0.25, -0.2) is 0 Å². The van der Waals surface area contributed by atoms with Crippen LogP contribution in [0.25, 0.3) is 0 Å². The number of amides is 1. The van der Waals surface area contributed by atoms with E-state index >= 15 is 0 Å². The smallest absolute Gasteiger partial charge is 0.289 e. The van der Waals surface area contributed by atoms with Crippen LogP contribution in [-0.4, -0.2) is 61.4 Å². The molecular formula is C21H28N4O2. The second-order valence-corrected chi connectivity index (χ2v) is 6.98. The Morgan fingerprint density at radius 2 is 1.78 bits per heavy atom. The third-order valence-corrected chi connectivity index (χ3v) is 4.79. The number of benzene rings is 1. The van der Waals surface area contributed by atoms with Gasteiger partial charge in [0.1, 0.15) is 0 Å². The molecule has 2 aromatic rings. The molecule has 1 amide bonds. The van der Waals surface area contributed by atoms with E-state index in [-0.39, 0.29) is 5.91 Å². The van der Waals surface area contributed by atoms with E-state index in [1.165, 1.54) is 23.0 Å². The molecule has 6 nitrogen and oxygen atoms in total. The molecule has 0 spiro atoms. The monoisotopic (exact) mass is 368 g/mol. The Kier molecular flexibility index (Phi) is 6.16. The van der Waals surface area contributed by atoms with Gasteiger partial charge in [0.2, 0.25) is 0 Å². The van der Waals surface area contributed by atoms with Crippen LogP contribution in [-0.2, 0) is 6.42 Å². The lowest BCUT2D eigenvalue weighted by molar-refractivity contribution is 0.0658. The molecule has 1 aromatic carbocycles. The van der Waals surface area contributed by atoms with E-state index in [1.54, 1.807) is 19.2 Å². The molecule has 6 heteroatoms. The first-order valence-corrected chi connectivity index (χ1v) is 9.42. The van der Waals surface area contributed by atoms with E-state index in [1.807, 2.05) is 4.90 Å². The lowest BCUT2D eigenvalue weighted by Gasteiger charge is -2.36. The minimum Gasteiger partial charge on any atom is -0.459 e. The normalized spacial score (nSPS) is 15.1. The highest BCUT2D eigenvalue weighted by molar-refractivity contribution is 5.91. The molecule has 1 aliphatic heterocycles. The van der Waals surface area contributed by atoms with Crippen molar-refractivity contribution in [2.75, 3.05) is 39.8 Å². The molecule has 0 aliphatic carbocycles. The number of rotatable bonds is 4. The first-order chi connectivity index (χ1) is 13.1. The molecule has 0 bridgehead atoms. The number of carbonyl (C=O) groups excluding carboxylic acids is 1. The lowest BCUT2D eigenvalue weighted by Crippen LogP contribution is -2.54. The van der Waals surface area contributed by atoms with Crippen molar-refractivity contribution in [2.24, 2.45) is 4.99 Å². The summed E-state index contributed by atoms with van der Waals surface area (Å²) in [7, 11) is 1.81. The Hall–Kier alpha value is -2.76. The van der Waals surface area contributed by atoms with Gasteiger partial charge < -0.3 is 19.5 Å². The number of nitrogens with zero attached hydrogens (tertiary/aromatic N) is 3. The highest BCUT2D eigenvalue weighted by atomic mass is 16.3. The quantitative estimate of drug-likeness (QED) is 0.665. The molecule has 1 fully saturated rings. The zero-order chi connectivity index (χ0) is 19.2. The Labute approximate surface area is 160 Å². The molecule has 1 aromatic heterocycles. The fraction of sp³-hybridized carbons (Fsp3) is 0.429. The average molecular weight is 368 g/mol. The molecule has 2 heterocycles. The van der Waals surface area contributed by atoms with Gasteiger partial charge >= 0.3 is 0 Å². The Morgan fingerprint density at radius 3 is 2.37 bits per heavy atom. The number of aryl methyl sites for hydroxylation is 2. The number of hydrogen-bond acceptors (Lipinski definition) is 3. The molecular weight excluding hydrogens is 340 g/mol. The van der Waals surface area contributed by atoms with Gasteiger partial charge in [-0.3, -0.25) is 9.79 Å². The van der Waals surface area contributed by atoms with Crippen LogP contribution in [0.2, 0.25) is 0 Å². The first-order valence-electron chi connectivity index (χ1n) is 9.42. The number of piperazine rings is 1. The number of aliphatic imine (C=N–C) groups is 1. The van der Waals surface area contributed by atoms with Crippen molar-refractivity contribution in [3.05, 3.63) is 59.0 Å². The molecule has 0 saturated carbocycles. The van der Waals surface area contributed by atoms with Gasteiger partial charge in [0.15, 0.2) is 11.7 Å². The number of hydrogen-bond donors (Lipinski definition) is 1. The topological polar surface area (TPSA) is 61.1 Å². The van der Waals surface area contributed by atoms with E-state index in [9.17, 15) is 4.79 Å². The molecule has 0 radical (unpaired) electrons. The van der Waals surface area contributed by atoms with E-state index in [2.05, 4.69) is 47.3 Å². The predicted molar refractivity (Wildman–Crippen MR) is 107 cm³/mol. The minimum atomic E-state index is -0.0441. The van der Waals surface area contributed by atoms with Crippen molar-refractivity contribution < 1.29 is 9.21 Å². The molecule has 3 rings (SSSR count). The Bertz CT molecular complexity index is 770. The van der Waals surface area contributed by atoms with Gasteiger partial charge in [-0.15, -0.1) is 0 Å². The van der Waals surface area contributed by atoms with E-state index in [0.717, 1.165) is 32.0 Å². The zero-order valence-corrected chi connectivity index (χ0v) is 16.4. The summed E-state index contributed by atoms with van der Waals surface area (Å²) in [6.45, 7) is 7.94. The summed E-state index contributed by atoms with van der Waals surface area (Å²) < 4.78 is 5.21. The van der Waals surface area contributed by atoms with Crippen molar-refractivity contribution in [3.8, 4) is 0 Å². The average Bonchev–Trinajstić information content (AvgIpc) is 3.19. The summed E-state index contributed by atoms with van der Waals surface area (Å²) in [5, 5.41) is 3.45. The summed E-state index contributed by atoms with van der Waals surface area (Å²) in [6.07, 6.45) is 2.49. The fourth-order valence-electron chi connectivity index (χ4n) is 3.54. The summed E-state index contributed by atoms with van der Waals surface area (Å²) in [5.74, 6) is 1.25.